The molecule has 1 atom stereocenters. The van der Waals surface area contributed by atoms with Crippen LogP contribution in [0.3, 0.4) is 0 Å². The van der Waals surface area contributed by atoms with E-state index in [4.69, 9.17) is 9.15 Å². The van der Waals surface area contributed by atoms with E-state index in [-0.39, 0.29) is 18.2 Å². The van der Waals surface area contributed by atoms with Crippen LogP contribution in [0.15, 0.2) is 28.9 Å². The van der Waals surface area contributed by atoms with Crippen molar-refractivity contribution < 1.29 is 19.1 Å². The van der Waals surface area contributed by atoms with E-state index < -0.39 is 17.4 Å². The molecule has 0 aliphatic heterocycles. The summed E-state index contributed by atoms with van der Waals surface area (Å²) in [5.41, 5.74) is -1.87. The normalized spacial score (nSPS) is 14.0. The fourth-order valence-corrected chi connectivity index (χ4v) is 2.05. The van der Waals surface area contributed by atoms with Gasteiger partial charge in [-0.15, -0.1) is 10.2 Å². The van der Waals surface area contributed by atoms with E-state index in [0.717, 1.165) is 0 Å². The van der Waals surface area contributed by atoms with Gasteiger partial charge in [-0.3, -0.25) is 10.3 Å². The second-order valence-corrected chi connectivity index (χ2v) is 6.39. The molecule has 130 valence electrons. The summed E-state index contributed by atoms with van der Waals surface area (Å²) < 4.78 is 10.7. The molecule has 2 aromatic heterocycles. The molecule has 0 saturated heterocycles. The van der Waals surface area contributed by atoms with Crippen LogP contribution < -0.4 is 5.32 Å². The number of alkyl carbamates (subject to hydrolysis) is 1. The maximum Gasteiger partial charge on any atom is 0.410 e. The van der Waals surface area contributed by atoms with Crippen molar-refractivity contribution in [1.29, 1.82) is 0 Å². The van der Waals surface area contributed by atoms with Gasteiger partial charge in [0.2, 0.25) is 11.6 Å². The first-order valence-corrected chi connectivity index (χ1v) is 7.71. The van der Waals surface area contributed by atoms with E-state index in [1.807, 2.05) is 6.92 Å². The maximum absolute atomic E-state index is 12.0. The Morgan fingerprint density at radius 2 is 2.12 bits per heavy atom. The molecule has 0 radical (unpaired) electrons. The number of aliphatic hydroxyl groups is 1. The highest BCUT2D eigenvalue weighted by molar-refractivity contribution is 5.68. The molecule has 24 heavy (non-hydrogen) atoms. The number of ether oxygens (including phenoxy) is 1. The molecule has 0 unspecified atom stereocenters. The summed E-state index contributed by atoms with van der Waals surface area (Å²) in [6.45, 7) is 7.07. The lowest BCUT2D eigenvalue weighted by atomic mass is 10.1. The van der Waals surface area contributed by atoms with Crippen LogP contribution in [0, 0.1) is 0 Å². The molecule has 2 rings (SSSR count). The van der Waals surface area contributed by atoms with Crippen molar-refractivity contribution in [3.8, 4) is 11.5 Å². The third kappa shape index (κ3) is 4.51. The standard InChI is InChI=1S/C16H22N4O4/c1-5-8-16(22,18-14(21)24-15(2,3)4)13-20-19-12(23-13)11-7-6-9-17-10-11/h6-7,9-10,22H,5,8H2,1-4H3,(H,18,21)/t16-/m0/s1. The number of nitrogens with zero attached hydrogens (tertiary/aromatic N) is 3. The van der Waals surface area contributed by atoms with Gasteiger partial charge in [-0.1, -0.05) is 13.3 Å². The van der Waals surface area contributed by atoms with Gasteiger partial charge in [0, 0.05) is 18.8 Å². The molecule has 0 fully saturated rings. The number of aromatic nitrogens is 3. The molecule has 0 bridgehead atoms. The monoisotopic (exact) mass is 334 g/mol. The fourth-order valence-electron chi connectivity index (χ4n) is 2.05. The lowest BCUT2D eigenvalue weighted by Gasteiger charge is -2.27. The number of hydrogen-bond donors (Lipinski definition) is 2. The van der Waals surface area contributed by atoms with Gasteiger partial charge in [-0.2, -0.15) is 0 Å². The lowest BCUT2D eigenvalue weighted by molar-refractivity contribution is -0.0416. The number of carbonyl (C=O) groups excluding carboxylic acids is 1. The average Bonchev–Trinajstić information content (AvgIpc) is 2.96. The molecule has 0 aliphatic carbocycles. The van der Waals surface area contributed by atoms with E-state index in [0.29, 0.717) is 12.0 Å². The van der Waals surface area contributed by atoms with Crippen LogP contribution in [-0.4, -0.2) is 32.0 Å². The van der Waals surface area contributed by atoms with Gasteiger partial charge in [-0.25, -0.2) is 4.79 Å². The van der Waals surface area contributed by atoms with Crippen molar-refractivity contribution in [1.82, 2.24) is 20.5 Å². The Hall–Kier alpha value is -2.48. The summed E-state index contributed by atoms with van der Waals surface area (Å²) in [7, 11) is 0. The Kier molecular flexibility index (Phi) is 5.18. The minimum absolute atomic E-state index is 0.103. The Morgan fingerprint density at radius 3 is 2.71 bits per heavy atom. The molecule has 2 aromatic rings. The highest BCUT2D eigenvalue weighted by atomic mass is 16.6. The average molecular weight is 334 g/mol. The molecular formula is C16H22N4O4. The summed E-state index contributed by atoms with van der Waals surface area (Å²) in [5, 5.41) is 21.0. The predicted molar refractivity (Wildman–Crippen MR) is 85.7 cm³/mol. The van der Waals surface area contributed by atoms with Gasteiger partial charge in [0.05, 0.1) is 5.56 Å². The summed E-state index contributed by atoms with van der Waals surface area (Å²) in [4.78, 5) is 16.0. The third-order valence-electron chi connectivity index (χ3n) is 3.01. The lowest BCUT2D eigenvalue weighted by Crippen LogP contribution is -2.48. The Bertz CT molecular complexity index is 681. The van der Waals surface area contributed by atoms with Gasteiger partial charge in [0.25, 0.3) is 5.89 Å². The molecule has 2 heterocycles. The first-order valence-electron chi connectivity index (χ1n) is 7.71. The van der Waals surface area contributed by atoms with Crippen LogP contribution in [0.25, 0.3) is 11.5 Å². The van der Waals surface area contributed by atoms with Gasteiger partial charge in [0.15, 0.2) is 0 Å². The Labute approximate surface area is 140 Å². The van der Waals surface area contributed by atoms with Crippen molar-refractivity contribution in [2.75, 3.05) is 0 Å². The van der Waals surface area contributed by atoms with Gasteiger partial charge >= 0.3 is 6.09 Å². The second kappa shape index (κ2) is 6.96. The number of hydrogen-bond acceptors (Lipinski definition) is 7. The topological polar surface area (TPSA) is 110 Å². The number of rotatable bonds is 5. The summed E-state index contributed by atoms with van der Waals surface area (Å²) in [6.07, 6.45) is 3.20. The molecular weight excluding hydrogens is 312 g/mol. The summed E-state index contributed by atoms with van der Waals surface area (Å²) in [5.74, 6) is 0.104. The zero-order valence-corrected chi connectivity index (χ0v) is 14.2. The maximum atomic E-state index is 12.0. The molecule has 0 aromatic carbocycles. The summed E-state index contributed by atoms with van der Waals surface area (Å²) in [6, 6.07) is 3.49. The van der Waals surface area contributed by atoms with E-state index in [1.54, 1.807) is 45.3 Å². The second-order valence-electron chi connectivity index (χ2n) is 6.39. The van der Waals surface area contributed by atoms with Crippen LogP contribution in [0.1, 0.15) is 46.4 Å². The van der Waals surface area contributed by atoms with Crippen molar-refractivity contribution in [3.05, 3.63) is 30.4 Å². The number of nitrogens with one attached hydrogen (secondary N) is 1. The van der Waals surface area contributed by atoms with E-state index in [9.17, 15) is 9.90 Å². The number of amides is 1. The summed E-state index contributed by atoms with van der Waals surface area (Å²) >= 11 is 0. The molecule has 0 aliphatic rings. The third-order valence-corrected chi connectivity index (χ3v) is 3.01. The van der Waals surface area contributed by atoms with E-state index in [1.165, 1.54) is 0 Å². The largest absolute Gasteiger partial charge is 0.444 e. The fraction of sp³-hybridized carbons (Fsp3) is 0.500. The Morgan fingerprint density at radius 1 is 1.38 bits per heavy atom. The number of pyridine rings is 1. The molecule has 1 amide bonds. The van der Waals surface area contributed by atoms with Crippen LogP contribution in [0.5, 0.6) is 0 Å². The Balaban J connectivity index is 2.23. The molecule has 8 heteroatoms. The molecule has 0 spiro atoms. The van der Waals surface area contributed by atoms with Crippen molar-refractivity contribution in [3.63, 3.8) is 0 Å². The highest BCUT2D eigenvalue weighted by Crippen LogP contribution is 2.26. The number of carbonyl (C=O) groups is 1. The van der Waals surface area contributed by atoms with E-state index >= 15 is 0 Å². The minimum Gasteiger partial charge on any atom is -0.444 e. The van der Waals surface area contributed by atoms with Crippen molar-refractivity contribution >= 4 is 6.09 Å². The highest BCUT2D eigenvalue weighted by Gasteiger charge is 2.38. The van der Waals surface area contributed by atoms with Crippen molar-refractivity contribution in [2.45, 2.75) is 51.9 Å². The van der Waals surface area contributed by atoms with Crippen LogP contribution in [0.2, 0.25) is 0 Å². The van der Waals surface area contributed by atoms with Gasteiger partial charge < -0.3 is 14.3 Å². The van der Waals surface area contributed by atoms with Crippen LogP contribution in [-0.2, 0) is 10.5 Å². The van der Waals surface area contributed by atoms with Crippen LogP contribution in [0.4, 0.5) is 4.79 Å². The first-order chi connectivity index (χ1) is 11.2. The zero-order valence-electron chi connectivity index (χ0n) is 14.2. The molecule has 2 N–H and O–H groups in total. The minimum atomic E-state index is -1.80. The van der Waals surface area contributed by atoms with Crippen LogP contribution >= 0.6 is 0 Å². The SMILES string of the molecule is CCC[C@@](O)(NC(=O)OC(C)(C)C)c1nnc(-c2cccnc2)o1. The smallest absolute Gasteiger partial charge is 0.410 e. The zero-order chi connectivity index (χ0) is 17.8. The van der Waals surface area contributed by atoms with Gasteiger partial charge in [-0.05, 0) is 32.9 Å². The van der Waals surface area contributed by atoms with E-state index in [2.05, 4.69) is 20.5 Å². The van der Waals surface area contributed by atoms with Gasteiger partial charge in [0.1, 0.15) is 5.60 Å². The van der Waals surface area contributed by atoms with Crippen molar-refractivity contribution in [2.24, 2.45) is 0 Å². The predicted octanol–water partition coefficient (Wildman–Crippen LogP) is 2.60. The molecule has 0 saturated carbocycles. The molecule has 8 nitrogen and oxygen atoms in total. The first kappa shape index (κ1) is 17.9. The quantitative estimate of drug-likeness (QED) is 0.808.